The quantitative estimate of drug-likeness (QED) is 0.415. The molecule has 0 atom stereocenters. The van der Waals surface area contributed by atoms with Crippen LogP contribution in [0, 0.1) is 0 Å². The Balaban J connectivity index is 1.97. The third-order valence-electron chi connectivity index (χ3n) is 4.12. The van der Waals surface area contributed by atoms with Crippen molar-refractivity contribution in [3.63, 3.8) is 0 Å². The number of nitrogens with one attached hydrogen (secondary N) is 3. The molecular formula is C22H27N3O6. The number of hydrogen-bond donors (Lipinski definition) is 3. The highest BCUT2D eigenvalue weighted by Crippen LogP contribution is 2.28. The summed E-state index contributed by atoms with van der Waals surface area (Å²) < 4.78 is 15.7. The van der Waals surface area contributed by atoms with Crippen molar-refractivity contribution in [2.45, 2.75) is 26.7 Å². The Morgan fingerprint density at radius 1 is 0.903 bits per heavy atom. The van der Waals surface area contributed by atoms with E-state index in [1.165, 1.54) is 19.2 Å². The van der Waals surface area contributed by atoms with Gasteiger partial charge in [-0.3, -0.25) is 25.8 Å². The van der Waals surface area contributed by atoms with Gasteiger partial charge in [0.2, 0.25) is 0 Å². The SMILES string of the molecule is CCCCOc1ccc(C(=O)NNC(=O)c2cccc(NC(=O)OCC)c2)cc1OC. The van der Waals surface area contributed by atoms with Gasteiger partial charge in [-0.2, -0.15) is 0 Å². The summed E-state index contributed by atoms with van der Waals surface area (Å²) in [5.74, 6) is -0.102. The van der Waals surface area contributed by atoms with E-state index in [1.807, 2.05) is 0 Å². The van der Waals surface area contributed by atoms with Crippen LogP contribution in [-0.2, 0) is 4.74 Å². The third kappa shape index (κ3) is 7.22. The first kappa shape index (κ1) is 23.5. The molecule has 0 saturated carbocycles. The number of hydrazine groups is 1. The summed E-state index contributed by atoms with van der Waals surface area (Å²) in [6.07, 6.45) is 1.29. The summed E-state index contributed by atoms with van der Waals surface area (Å²) in [5.41, 5.74) is 5.62. The maximum absolute atomic E-state index is 12.4. The number of rotatable bonds is 9. The van der Waals surface area contributed by atoms with Crippen molar-refractivity contribution in [1.82, 2.24) is 10.9 Å². The summed E-state index contributed by atoms with van der Waals surface area (Å²) in [6, 6.07) is 11.0. The molecule has 31 heavy (non-hydrogen) atoms. The van der Waals surface area contributed by atoms with Crippen LogP contribution in [0.25, 0.3) is 0 Å². The van der Waals surface area contributed by atoms with Crippen LogP contribution in [0.15, 0.2) is 42.5 Å². The summed E-state index contributed by atoms with van der Waals surface area (Å²) in [5, 5.41) is 2.51. The number of anilines is 1. The van der Waals surface area contributed by atoms with E-state index in [-0.39, 0.29) is 17.7 Å². The van der Waals surface area contributed by atoms with Gasteiger partial charge < -0.3 is 14.2 Å². The van der Waals surface area contributed by atoms with Gasteiger partial charge in [0.1, 0.15) is 0 Å². The summed E-state index contributed by atoms with van der Waals surface area (Å²) in [6.45, 7) is 4.54. The Bertz CT molecular complexity index is 916. The summed E-state index contributed by atoms with van der Waals surface area (Å²) >= 11 is 0. The van der Waals surface area contributed by atoms with Crippen LogP contribution in [0.5, 0.6) is 11.5 Å². The fraction of sp³-hybridized carbons (Fsp3) is 0.318. The Hall–Kier alpha value is -3.75. The standard InChI is InChI=1S/C22H27N3O6/c1-4-6-12-31-18-11-10-16(14-19(18)29-3)21(27)25-24-20(26)15-8-7-9-17(13-15)23-22(28)30-5-2/h7-11,13-14H,4-6,12H2,1-3H3,(H,23,28)(H,24,26)(H,25,27). The van der Waals surface area contributed by atoms with Crippen molar-refractivity contribution in [2.24, 2.45) is 0 Å². The molecule has 0 aliphatic carbocycles. The average Bonchev–Trinajstić information content (AvgIpc) is 2.77. The normalized spacial score (nSPS) is 10.0. The second-order valence-corrected chi connectivity index (χ2v) is 6.40. The highest BCUT2D eigenvalue weighted by atomic mass is 16.5. The fourth-order valence-electron chi connectivity index (χ4n) is 2.54. The molecule has 2 rings (SSSR count). The number of ether oxygens (including phenoxy) is 3. The Labute approximate surface area is 181 Å². The number of amides is 3. The van der Waals surface area contributed by atoms with E-state index in [9.17, 15) is 14.4 Å². The van der Waals surface area contributed by atoms with Crippen LogP contribution < -0.4 is 25.6 Å². The minimum absolute atomic E-state index is 0.231. The highest BCUT2D eigenvalue weighted by Gasteiger charge is 2.13. The zero-order chi connectivity index (χ0) is 22.6. The molecule has 0 aliphatic rings. The van der Waals surface area contributed by atoms with Crippen LogP contribution in [0.2, 0.25) is 0 Å². The van der Waals surface area contributed by atoms with Crippen LogP contribution in [0.3, 0.4) is 0 Å². The molecule has 0 spiro atoms. The molecule has 166 valence electrons. The van der Waals surface area contributed by atoms with E-state index in [2.05, 4.69) is 23.1 Å². The molecule has 0 fully saturated rings. The van der Waals surface area contributed by atoms with Gasteiger partial charge in [-0.15, -0.1) is 0 Å². The zero-order valence-corrected chi connectivity index (χ0v) is 17.8. The smallest absolute Gasteiger partial charge is 0.411 e. The molecule has 2 aromatic carbocycles. The van der Waals surface area contributed by atoms with E-state index in [0.29, 0.717) is 23.8 Å². The highest BCUT2D eigenvalue weighted by molar-refractivity contribution is 6.00. The largest absolute Gasteiger partial charge is 0.493 e. The Kier molecular flexibility index (Phi) is 9.15. The van der Waals surface area contributed by atoms with Crippen molar-refractivity contribution >= 4 is 23.6 Å². The molecule has 9 heteroatoms. The minimum Gasteiger partial charge on any atom is -0.493 e. The van der Waals surface area contributed by atoms with Gasteiger partial charge in [0.25, 0.3) is 11.8 Å². The molecule has 0 unspecified atom stereocenters. The predicted molar refractivity (Wildman–Crippen MR) is 115 cm³/mol. The summed E-state index contributed by atoms with van der Waals surface area (Å²) in [4.78, 5) is 36.3. The van der Waals surface area contributed by atoms with Gasteiger partial charge in [0, 0.05) is 16.8 Å². The maximum atomic E-state index is 12.4. The minimum atomic E-state index is -0.621. The molecule has 0 heterocycles. The monoisotopic (exact) mass is 429 g/mol. The molecule has 0 bridgehead atoms. The van der Waals surface area contributed by atoms with E-state index >= 15 is 0 Å². The Morgan fingerprint density at radius 2 is 1.61 bits per heavy atom. The first-order chi connectivity index (χ1) is 15.0. The second-order valence-electron chi connectivity index (χ2n) is 6.40. The molecular weight excluding hydrogens is 402 g/mol. The van der Waals surface area contributed by atoms with E-state index < -0.39 is 17.9 Å². The van der Waals surface area contributed by atoms with E-state index in [4.69, 9.17) is 14.2 Å². The molecule has 0 radical (unpaired) electrons. The van der Waals surface area contributed by atoms with Gasteiger partial charge in [-0.05, 0) is 49.7 Å². The number of methoxy groups -OCH3 is 1. The topological polar surface area (TPSA) is 115 Å². The number of carbonyl (C=O) groups is 3. The van der Waals surface area contributed by atoms with Crippen molar-refractivity contribution in [3.05, 3.63) is 53.6 Å². The van der Waals surface area contributed by atoms with Crippen LogP contribution >= 0.6 is 0 Å². The number of benzene rings is 2. The molecule has 2 aromatic rings. The molecule has 3 N–H and O–H groups in total. The maximum Gasteiger partial charge on any atom is 0.411 e. The summed E-state index contributed by atoms with van der Waals surface area (Å²) in [7, 11) is 1.49. The molecule has 0 aliphatic heterocycles. The first-order valence-corrected chi connectivity index (χ1v) is 9.93. The van der Waals surface area contributed by atoms with Crippen LogP contribution in [0.1, 0.15) is 47.4 Å². The van der Waals surface area contributed by atoms with Crippen molar-refractivity contribution in [2.75, 3.05) is 25.6 Å². The fourth-order valence-corrected chi connectivity index (χ4v) is 2.54. The van der Waals surface area contributed by atoms with E-state index in [0.717, 1.165) is 12.8 Å². The number of carbonyl (C=O) groups excluding carboxylic acids is 3. The lowest BCUT2D eigenvalue weighted by Gasteiger charge is -2.13. The zero-order valence-electron chi connectivity index (χ0n) is 17.8. The van der Waals surface area contributed by atoms with Crippen LogP contribution in [-0.4, -0.2) is 38.2 Å². The first-order valence-electron chi connectivity index (χ1n) is 9.93. The molecule has 0 aromatic heterocycles. The van der Waals surface area contributed by atoms with E-state index in [1.54, 1.807) is 37.3 Å². The van der Waals surface area contributed by atoms with Crippen molar-refractivity contribution < 1.29 is 28.6 Å². The van der Waals surface area contributed by atoms with Crippen LogP contribution in [0.4, 0.5) is 10.5 Å². The second kappa shape index (κ2) is 12.1. The number of unbranched alkanes of at least 4 members (excludes halogenated alkanes) is 1. The van der Waals surface area contributed by atoms with Gasteiger partial charge in [0.15, 0.2) is 11.5 Å². The average molecular weight is 429 g/mol. The van der Waals surface area contributed by atoms with Crippen molar-refractivity contribution in [3.8, 4) is 11.5 Å². The van der Waals surface area contributed by atoms with Gasteiger partial charge in [-0.1, -0.05) is 19.4 Å². The van der Waals surface area contributed by atoms with Gasteiger partial charge >= 0.3 is 6.09 Å². The lowest BCUT2D eigenvalue weighted by molar-refractivity contribution is 0.0846. The molecule has 3 amide bonds. The Morgan fingerprint density at radius 3 is 2.26 bits per heavy atom. The van der Waals surface area contributed by atoms with Crippen molar-refractivity contribution in [1.29, 1.82) is 0 Å². The third-order valence-corrected chi connectivity index (χ3v) is 4.12. The lowest BCUT2D eigenvalue weighted by Crippen LogP contribution is -2.41. The van der Waals surface area contributed by atoms with Gasteiger partial charge in [0.05, 0.1) is 20.3 Å². The van der Waals surface area contributed by atoms with Gasteiger partial charge in [-0.25, -0.2) is 4.79 Å². The number of hydrogen-bond acceptors (Lipinski definition) is 6. The molecule has 0 saturated heterocycles. The predicted octanol–water partition coefficient (Wildman–Crippen LogP) is 3.52. The molecule has 9 nitrogen and oxygen atoms in total. The lowest BCUT2D eigenvalue weighted by atomic mass is 10.2.